The fourth-order valence-electron chi connectivity index (χ4n) is 2.69. The van der Waals surface area contributed by atoms with Crippen molar-refractivity contribution in [2.24, 2.45) is 0 Å². The van der Waals surface area contributed by atoms with E-state index in [1.54, 1.807) is 27.7 Å². The summed E-state index contributed by atoms with van der Waals surface area (Å²) < 4.78 is 4.96. The van der Waals surface area contributed by atoms with E-state index in [-0.39, 0.29) is 24.2 Å². The SMILES string of the molecule is CCn1cc(-c2cn(CC)c(=O)n(CC)c2=O)c(=O)n(CC)c1=O. The molecule has 130 valence electrons. The Bertz CT molecular complexity index is 910. The molecule has 0 fully saturated rings. The Morgan fingerprint density at radius 3 is 1.21 bits per heavy atom. The lowest BCUT2D eigenvalue weighted by atomic mass is 10.1. The fourth-order valence-corrected chi connectivity index (χ4v) is 2.69. The van der Waals surface area contributed by atoms with Crippen molar-refractivity contribution in [2.75, 3.05) is 0 Å². The molecule has 0 aromatic carbocycles. The molecule has 0 bridgehead atoms. The number of aryl methyl sites for hydroxylation is 2. The highest BCUT2D eigenvalue weighted by Gasteiger charge is 2.17. The van der Waals surface area contributed by atoms with Crippen LogP contribution in [0.2, 0.25) is 0 Å². The Labute approximate surface area is 138 Å². The third kappa shape index (κ3) is 2.68. The summed E-state index contributed by atoms with van der Waals surface area (Å²) in [4.78, 5) is 49.7. The van der Waals surface area contributed by atoms with E-state index < -0.39 is 22.5 Å². The molecule has 8 heteroatoms. The Balaban J connectivity index is 2.97. The zero-order valence-corrected chi connectivity index (χ0v) is 14.4. The molecule has 0 atom stereocenters. The molecular formula is C16H22N4O4. The predicted molar refractivity (Wildman–Crippen MR) is 91.6 cm³/mol. The molecule has 0 radical (unpaired) electrons. The van der Waals surface area contributed by atoms with Gasteiger partial charge in [-0.05, 0) is 27.7 Å². The molecule has 0 aliphatic rings. The first-order chi connectivity index (χ1) is 11.4. The van der Waals surface area contributed by atoms with Gasteiger partial charge in [0.25, 0.3) is 11.1 Å². The Morgan fingerprint density at radius 2 is 0.958 bits per heavy atom. The van der Waals surface area contributed by atoms with Gasteiger partial charge in [-0.1, -0.05) is 0 Å². The highest BCUT2D eigenvalue weighted by Crippen LogP contribution is 2.08. The van der Waals surface area contributed by atoms with Gasteiger partial charge in [0.15, 0.2) is 0 Å². The summed E-state index contributed by atoms with van der Waals surface area (Å²) in [5.74, 6) is 0. The van der Waals surface area contributed by atoms with Crippen molar-refractivity contribution < 1.29 is 0 Å². The van der Waals surface area contributed by atoms with Crippen molar-refractivity contribution in [1.29, 1.82) is 0 Å². The Kier molecular flexibility index (Phi) is 5.06. The highest BCUT2D eigenvalue weighted by atomic mass is 16.2. The molecule has 0 N–H and O–H groups in total. The van der Waals surface area contributed by atoms with Gasteiger partial charge < -0.3 is 9.13 Å². The van der Waals surface area contributed by atoms with Crippen molar-refractivity contribution in [2.45, 2.75) is 53.9 Å². The van der Waals surface area contributed by atoms with E-state index in [9.17, 15) is 19.2 Å². The standard InChI is InChI=1S/C16H22N4O4/c1-5-17-9-11(13(21)19(7-3)15(17)23)12-10-18(6-2)16(24)20(8-4)14(12)22/h9-10H,5-8H2,1-4H3. The topological polar surface area (TPSA) is 88.0 Å². The zero-order chi connectivity index (χ0) is 18.0. The number of nitrogens with zero attached hydrogens (tertiary/aromatic N) is 4. The molecule has 0 unspecified atom stereocenters. The van der Waals surface area contributed by atoms with Crippen LogP contribution in [0.4, 0.5) is 0 Å². The molecule has 2 aromatic rings. The first-order valence-electron chi connectivity index (χ1n) is 8.10. The molecule has 0 aliphatic heterocycles. The van der Waals surface area contributed by atoms with Crippen LogP contribution in [0, 0.1) is 0 Å². The summed E-state index contributed by atoms with van der Waals surface area (Å²) in [6.07, 6.45) is 2.80. The summed E-state index contributed by atoms with van der Waals surface area (Å²) in [5.41, 5.74) is -1.59. The summed E-state index contributed by atoms with van der Waals surface area (Å²) in [7, 11) is 0. The summed E-state index contributed by atoms with van der Waals surface area (Å²) in [5, 5.41) is 0. The van der Waals surface area contributed by atoms with Gasteiger partial charge in [-0.15, -0.1) is 0 Å². The maximum absolute atomic E-state index is 12.6. The molecule has 0 saturated heterocycles. The first-order valence-corrected chi connectivity index (χ1v) is 8.10. The quantitative estimate of drug-likeness (QED) is 0.775. The van der Waals surface area contributed by atoms with E-state index in [1.165, 1.54) is 21.5 Å². The Hall–Kier alpha value is -2.64. The van der Waals surface area contributed by atoms with Gasteiger partial charge in [0.2, 0.25) is 0 Å². The van der Waals surface area contributed by atoms with Crippen molar-refractivity contribution in [3.05, 3.63) is 54.1 Å². The van der Waals surface area contributed by atoms with E-state index in [4.69, 9.17) is 0 Å². The monoisotopic (exact) mass is 334 g/mol. The molecule has 0 aliphatic carbocycles. The van der Waals surface area contributed by atoms with Crippen LogP contribution in [0.5, 0.6) is 0 Å². The average molecular weight is 334 g/mol. The first kappa shape index (κ1) is 17.7. The van der Waals surface area contributed by atoms with Crippen molar-refractivity contribution in [3.8, 4) is 11.1 Å². The smallest absolute Gasteiger partial charge is 0.300 e. The molecule has 2 heterocycles. The number of hydrogen-bond acceptors (Lipinski definition) is 4. The minimum Gasteiger partial charge on any atom is -0.300 e. The maximum atomic E-state index is 12.6. The largest absolute Gasteiger partial charge is 0.330 e. The Morgan fingerprint density at radius 1 is 0.625 bits per heavy atom. The molecule has 0 spiro atoms. The number of hydrogen-bond donors (Lipinski definition) is 0. The fraction of sp³-hybridized carbons (Fsp3) is 0.500. The van der Waals surface area contributed by atoms with Gasteiger partial charge in [0, 0.05) is 38.6 Å². The second kappa shape index (κ2) is 6.86. The van der Waals surface area contributed by atoms with Crippen LogP contribution in [-0.4, -0.2) is 18.3 Å². The van der Waals surface area contributed by atoms with Gasteiger partial charge in [-0.2, -0.15) is 0 Å². The highest BCUT2D eigenvalue weighted by molar-refractivity contribution is 5.59. The second-order valence-corrected chi connectivity index (χ2v) is 5.32. The normalized spacial score (nSPS) is 11.0. The van der Waals surface area contributed by atoms with Gasteiger partial charge in [0.05, 0.1) is 11.1 Å². The van der Waals surface area contributed by atoms with Gasteiger partial charge >= 0.3 is 11.4 Å². The van der Waals surface area contributed by atoms with Gasteiger partial charge in [-0.25, -0.2) is 9.59 Å². The van der Waals surface area contributed by atoms with Crippen LogP contribution in [-0.2, 0) is 26.2 Å². The summed E-state index contributed by atoms with van der Waals surface area (Å²) in [6.45, 7) is 8.14. The maximum Gasteiger partial charge on any atom is 0.330 e. The number of aromatic nitrogens is 4. The van der Waals surface area contributed by atoms with E-state index >= 15 is 0 Å². The van der Waals surface area contributed by atoms with Crippen molar-refractivity contribution >= 4 is 0 Å². The van der Waals surface area contributed by atoms with Gasteiger partial charge in [0.1, 0.15) is 0 Å². The van der Waals surface area contributed by atoms with E-state index in [2.05, 4.69) is 0 Å². The van der Waals surface area contributed by atoms with Crippen LogP contribution in [0.1, 0.15) is 27.7 Å². The van der Waals surface area contributed by atoms with Gasteiger partial charge in [-0.3, -0.25) is 18.7 Å². The minimum absolute atomic E-state index is 0.132. The summed E-state index contributed by atoms with van der Waals surface area (Å²) >= 11 is 0. The van der Waals surface area contributed by atoms with Crippen LogP contribution < -0.4 is 22.5 Å². The van der Waals surface area contributed by atoms with Crippen LogP contribution >= 0.6 is 0 Å². The molecule has 0 amide bonds. The van der Waals surface area contributed by atoms with Crippen molar-refractivity contribution in [1.82, 2.24) is 18.3 Å². The predicted octanol–water partition coefficient (Wildman–Crippen LogP) is 0.0800. The minimum atomic E-state index is -0.520. The van der Waals surface area contributed by atoms with Crippen molar-refractivity contribution in [3.63, 3.8) is 0 Å². The van der Waals surface area contributed by atoms with E-state index in [1.807, 2.05) is 0 Å². The molecular weight excluding hydrogens is 312 g/mol. The second-order valence-electron chi connectivity index (χ2n) is 5.32. The van der Waals surface area contributed by atoms with E-state index in [0.29, 0.717) is 13.1 Å². The van der Waals surface area contributed by atoms with Crippen LogP contribution in [0.3, 0.4) is 0 Å². The number of rotatable bonds is 5. The average Bonchev–Trinajstić information content (AvgIpc) is 2.57. The lowest BCUT2D eigenvalue weighted by Gasteiger charge is -2.13. The molecule has 8 nitrogen and oxygen atoms in total. The molecule has 2 rings (SSSR count). The summed E-state index contributed by atoms with van der Waals surface area (Å²) in [6, 6.07) is 0. The third-order valence-electron chi connectivity index (χ3n) is 4.08. The molecule has 0 saturated carbocycles. The van der Waals surface area contributed by atoms with Crippen LogP contribution in [0.15, 0.2) is 31.6 Å². The van der Waals surface area contributed by atoms with E-state index in [0.717, 1.165) is 9.13 Å². The lowest BCUT2D eigenvalue weighted by Crippen LogP contribution is -2.43. The molecule has 24 heavy (non-hydrogen) atoms. The van der Waals surface area contributed by atoms with Crippen LogP contribution in [0.25, 0.3) is 11.1 Å². The third-order valence-corrected chi connectivity index (χ3v) is 4.08. The molecule has 2 aromatic heterocycles. The lowest BCUT2D eigenvalue weighted by molar-refractivity contribution is 0.580. The zero-order valence-electron chi connectivity index (χ0n) is 14.4.